The number of amides is 1. The second-order valence-electron chi connectivity index (χ2n) is 7.08. The van der Waals surface area contributed by atoms with Crippen molar-refractivity contribution in [3.8, 4) is 5.75 Å². The molecule has 136 valence electrons. The molecule has 24 heavy (non-hydrogen) atoms. The van der Waals surface area contributed by atoms with Crippen molar-refractivity contribution in [2.45, 2.75) is 65.1 Å². The number of carbonyl (C=O) groups excluding carboxylic acids is 1. The molecule has 0 heterocycles. The minimum Gasteiger partial charge on any atom is -0.496 e. The van der Waals surface area contributed by atoms with Gasteiger partial charge in [-0.15, -0.1) is 0 Å². The van der Waals surface area contributed by atoms with Crippen LogP contribution in [0.5, 0.6) is 5.75 Å². The van der Waals surface area contributed by atoms with Gasteiger partial charge in [0, 0.05) is 18.6 Å². The summed E-state index contributed by atoms with van der Waals surface area (Å²) in [5, 5.41) is 6.39. The first-order chi connectivity index (χ1) is 11.2. The minimum absolute atomic E-state index is 0.0416. The fourth-order valence-corrected chi connectivity index (χ4v) is 2.39. The van der Waals surface area contributed by atoms with Crippen molar-refractivity contribution in [2.24, 2.45) is 0 Å². The summed E-state index contributed by atoms with van der Waals surface area (Å²) in [5.74, 6) is 0.907. The molecule has 5 heteroatoms. The number of para-hydroxylation sites is 1. The summed E-state index contributed by atoms with van der Waals surface area (Å²) in [6.45, 7) is 10.5. The summed E-state index contributed by atoms with van der Waals surface area (Å²) in [5.41, 5.74) is 0.695. The van der Waals surface area contributed by atoms with Gasteiger partial charge in [-0.25, -0.2) is 4.79 Å². The molecule has 5 nitrogen and oxygen atoms in total. The van der Waals surface area contributed by atoms with Gasteiger partial charge in [-0.05, 0) is 52.2 Å². The maximum atomic E-state index is 11.9. The Morgan fingerprint density at radius 1 is 1.25 bits per heavy atom. The van der Waals surface area contributed by atoms with E-state index in [9.17, 15) is 4.79 Å². The lowest BCUT2D eigenvalue weighted by atomic mass is 10.1. The predicted molar refractivity (Wildman–Crippen MR) is 97.6 cm³/mol. The van der Waals surface area contributed by atoms with E-state index in [0.29, 0.717) is 6.54 Å². The molecule has 0 radical (unpaired) electrons. The predicted octanol–water partition coefficient (Wildman–Crippen LogP) is 3.52. The van der Waals surface area contributed by atoms with Crippen LogP contribution in [0.25, 0.3) is 0 Å². The number of benzene rings is 1. The van der Waals surface area contributed by atoms with Crippen molar-refractivity contribution in [3.05, 3.63) is 29.8 Å². The zero-order valence-corrected chi connectivity index (χ0v) is 15.8. The second-order valence-corrected chi connectivity index (χ2v) is 7.08. The molecular weight excluding hydrogens is 304 g/mol. The summed E-state index contributed by atoms with van der Waals surface area (Å²) in [4.78, 5) is 11.9. The Hall–Kier alpha value is -1.75. The van der Waals surface area contributed by atoms with Crippen LogP contribution in [0, 0.1) is 0 Å². The number of hydrogen-bond acceptors (Lipinski definition) is 4. The lowest BCUT2D eigenvalue weighted by molar-refractivity contribution is 0.0502. The van der Waals surface area contributed by atoms with Crippen molar-refractivity contribution in [1.82, 2.24) is 10.6 Å². The first-order valence-corrected chi connectivity index (χ1v) is 8.60. The van der Waals surface area contributed by atoms with Gasteiger partial charge in [-0.2, -0.15) is 0 Å². The first-order valence-electron chi connectivity index (χ1n) is 8.60. The molecule has 0 aromatic heterocycles. The summed E-state index contributed by atoms with van der Waals surface area (Å²) < 4.78 is 10.7. The Morgan fingerprint density at radius 3 is 2.50 bits per heavy atom. The van der Waals surface area contributed by atoms with Gasteiger partial charge in [0.1, 0.15) is 11.4 Å². The molecule has 0 aliphatic carbocycles. The third kappa shape index (κ3) is 7.68. The molecule has 1 rings (SSSR count). The number of nitrogens with one attached hydrogen (secondary N) is 2. The van der Waals surface area contributed by atoms with E-state index in [-0.39, 0.29) is 18.2 Å². The number of carbonyl (C=O) groups is 1. The molecule has 0 fully saturated rings. The number of alkyl carbamates (subject to hydrolysis) is 1. The molecule has 2 unspecified atom stereocenters. The fraction of sp³-hybridized carbons (Fsp3) is 0.632. The number of rotatable bonds is 8. The molecule has 0 bridgehead atoms. The molecule has 0 aliphatic heterocycles. The van der Waals surface area contributed by atoms with Crippen LogP contribution >= 0.6 is 0 Å². The minimum atomic E-state index is -0.479. The highest BCUT2D eigenvalue weighted by molar-refractivity contribution is 5.68. The van der Waals surface area contributed by atoms with E-state index in [4.69, 9.17) is 9.47 Å². The van der Waals surface area contributed by atoms with Crippen molar-refractivity contribution in [3.63, 3.8) is 0 Å². The molecule has 0 saturated carbocycles. The zero-order valence-electron chi connectivity index (χ0n) is 15.8. The van der Waals surface area contributed by atoms with E-state index in [2.05, 4.69) is 30.5 Å². The Bertz CT molecular complexity index is 512. The summed E-state index contributed by atoms with van der Waals surface area (Å²) in [6, 6.07) is 8.35. The third-order valence-electron chi connectivity index (χ3n) is 3.64. The van der Waals surface area contributed by atoms with Crippen molar-refractivity contribution in [2.75, 3.05) is 13.7 Å². The molecule has 1 aromatic rings. The van der Waals surface area contributed by atoms with E-state index in [1.165, 1.54) is 5.56 Å². The normalized spacial score (nSPS) is 13.9. The van der Waals surface area contributed by atoms with Crippen LogP contribution in [0.15, 0.2) is 24.3 Å². The lowest BCUT2D eigenvalue weighted by Gasteiger charge is -2.24. The van der Waals surface area contributed by atoms with Crippen molar-refractivity contribution >= 4 is 6.09 Å². The Morgan fingerprint density at radius 2 is 1.92 bits per heavy atom. The van der Waals surface area contributed by atoms with E-state index in [1.807, 2.05) is 39.0 Å². The van der Waals surface area contributed by atoms with E-state index in [0.717, 1.165) is 18.6 Å². The monoisotopic (exact) mass is 336 g/mol. The highest BCUT2D eigenvalue weighted by Gasteiger charge is 2.19. The molecule has 2 atom stereocenters. The molecule has 0 aliphatic rings. The first kappa shape index (κ1) is 20.3. The summed E-state index contributed by atoms with van der Waals surface area (Å²) in [7, 11) is 1.69. The van der Waals surface area contributed by atoms with Gasteiger partial charge in [-0.3, -0.25) is 0 Å². The topological polar surface area (TPSA) is 59.6 Å². The van der Waals surface area contributed by atoms with E-state index in [1.54, 1.807) is 7.11 Å². The Kier molecular flexibility index (Phi) is 8.05. The maximum Gasteiger partial charge on any atom is 0.407 e. The quantitative estimate of drug-likeness (QED) is 0.762. The molecule has 1 aromatic carbocycles. The maximum absolute atomic E-state index is 11.9. The second kappa shape index (κ2) is 9.52. The summed E-state index contributed by atoms with van der Waals surface area (Å²) >= 11 is 0. The van der Waals surface area contributed by atoms with Crippen LogP contribution in [-0.2, 0) is 11.2 Å². The zero-order chi connectivity index (χ0) is 18.2. The van der Waals surface area contributed by atoms with Gasteiger partial charge in [0.05, 0.1) is 7.11 Å². The summed E-state index contributed by atoms with van der Waals surface area (Å²) in [6.07, 6.45) is 1.34. The van der Waals surface area contributed by atoms with Crippen LogP contribution < -0.4 is 15.4 Å². The van der Waals surface area contributed by atoms with Gasteiger partial charge in [0.2, 0.25) is 0 Å². The number of ether oxygens (including phenoxy) is 2. The average molecular weight is 336 g/mol. The molecule has 1 amide bonds. The number of hydrogen-bond donors (Lipinski definition) is 2. The van der Waals surface area contributed by atoms with Crippen LogP contribution in [0.2, 0.25) is 0 Å². The fourth-order valence-electron chi connectivity index (χ4n) is 2.39. The van der Waals surface area contributed by atoms with Crippen LogP contribution in [0.4, 0.5) is 4.79 Å². The molecule has 0 saturated heterocycles. The Balaban J connectivity index is 2.46. The SMILES string of the molecule is CCC(CNC(C)Cc1ccccc1OC)NC(=O)OC(C)(C)C. The van der Waals surface area contributed by atoms with Crippen LogP contribution in [-0.4, -0.2) is 37.4 Å². The van der Waals surface area contributed by atoms with Crippen molar-refractivity contribution in [1.29, 1.82) is 0 Å². The smallest absolute Gasteiger partial charge is 0.407 e. The van der Waals surface area contributed by atoms with Gasteiger partial charge >= 0.3 is 6.09 Å². The number of methoxy groups -OCH3 is 1. The Labute approximate surface area is 146 Å². The molecule has 2 N–H and O–H groups in total. The third-order valence-corrected chi connectivity index (χ3v) is 3.64. The van der Waals surface area contributed by atoms with E-state index >= 15 is 0 Å². The van der Waals surface area contributed by atoms with Crippen LogP contribution in [0.3, 0.4) is 0 Å². The highest BCUT2D eigenvalue weighted by atomic mass is 16.6. The van der Waals surface area contributed by atoms with E-state index < -0.39 is 5.60 Å². The average Bonchev–Trinajstić information content (AvgIpc) is 2.50. The molecular formula is C19H32N2O3. The molecule has 0 spiro atoms. The highest BCUT2D eigenvalue weighted by Crippen LogP contribution is 2.18. The van der Waals surface area contributed by atoms with Gasteiger partial charge in [0.15, 0.2) is 0 Å². The standard InChI is InChI=1S/C19H32N2O3/c1-7-16(21-18(22)24-19(3,4)5)13-20-14(2)12-15-10-8-9-11-17(15)23-6/h8-11,14,16,20H,7,12-13H2,1-6H3,(H,21,22). The lowest BCUT2D eigenvalue weighted by Crippen LogP contribution is -2.46. The van der Waals surface area contributed by atoms with Gasteiger partial charge in [0.25, 0.3) is 0 Å². The van der Waals surface area contributed by atoms with Crippen molar-refractivity contribution < 1.29 is 14.3 Å². The van der Waals surface area contributed by atoms with Gasteiger partial charge in [-0.1, -0.05) is 25.1 Å². The van der Waals surface area contributed by atoms with Crippen LogP contribution in [0.1, 0.15) is 46.6 Å². The van der Waals surface area contributed by atoms with Gasteiger partial charge < -0.3 is 20.1 Å². The largest absolute Gasteiger partial charge is 0.496 e.